The van der Waals surface area contributed by atoms with Crippen molar-refractivity contribution in [3.05, 3.63) is 40.4 Å². The highest BCUT2D eigenvalue weighted by Gasteiger charge is 2.26. The second-order valence-corrected chi connectivity index (χ2v) is 6.59. The fraction of sp³-hybridized carbons (Fsp3) is 0.467. The maximum absolute atomic E-state index is 10.5. The van der Waals surface area contributed by atoms with Crippen LogP contribution in [-0.2, 0) is 11.8 Å². The molecule has 0 fully saturated rings. The number of rotatable bonds is 4. The molecule has 20 heavy (non-hydrogen) atoms. The van der Waals surface area contributed by atoms with E-state index in [0.717, 1.165) is 21.9 Å². The summed E-state index contributed by atoms with van der Waals surface area (Å²) in [6, 6.07) is 7.74. The Morgan fingerprint density at radius 1 is 1.35 bits per heavy atom. The first kappa shape index (κ1) is 14.9. The highest BCUT2D eigenvalue weighted by molar-refractivity contribution is 7.05. The Hall–Kier alpha value is -1.46. The molecule has 108 valence electrons. The summed E-state index contributed by atoms with van der Waals surface area (Å²) in [5.74, 6) is 0.799. The number of aromatic nitrogens is 2. The summed E-state index contributed by atoms with van der Waals surface area (Å²) >= 11 is 1.27. The van der Waals surface area contributed by atoms with Crippen molar-refractivity contribution in [2.75, 3.05) is 7.11 Å². The molecule has 5 heteroatoms. The van der Waals surface area contributed by atoms with Crippen molar-refractivity contribution in [1.82, 2.24) is 9.59 Å². The summed E-state index contributed by atoms with van der Waals surface area (Å²) in [5, 5.41) is 14.6. The van der Waals surface area contributed by atoms with Gasteiger partial charge in [0.05, 0.1) is 23.8 Å². The van der Waals surface area contributed by atoms with Crippen LogP contribution in [0.25, 0.3) is 0 Å². The first-order valence-corrected chi connectivity index (χ1v) is 7.33. The SMILES string of the molecule is COc1cccc(CC(O)c2snnc2C(C)(C)C)c1. The Kier molecular flexibility index (Phi) is 4.40. The quantitative estimate of drug-likeness (QED) is 0.940. The Labute approximate surface area is 123 Å². The predicted molar refractivity (Wildman–Crippen MR) is 80.3 cm³/mol. The van der Waals surface area contributed by atoms with E-state index < -0.39 is 6.10 Å². The number of hydrogen-bond donors (Lipinski definition) is 1. The molecule has 0 saturated heterocycles. The van der Waals surface area contributed by atoms with Gasteiger partial charge in [0.25, 0.3) is 0 Å². The van der Waals surface area contributed by atoms with Gasteiger partial charge in [0, 0.05) is 11.8 Å². The van der Waals surface area contributed by atoms with Crippen LogP contribution in [0.15, 0.2) is 24.3 Å². The molecular formula is C15H20N2O2S. The Bertz CT molecular complexity index is 575. The largest absolute Gasteiger partial charge is 0.497 e. The molecular weight excluding hydrogens is 272 g/mol. The molecule has 1 heterocycles. The summed E-state index contributed by atoms with van der Waals surface area (Å²) < 4.78 is 9.19. The zero-order valence-electron chi connectivity index (χ0n) is 12.3. The molecule has 1 unspecified atom stereocenters. The van der Waals surface area contributed by atoms with E-state index in [4.69, 9.17) is 4.74 Å². The van der Waals surface area contributed by atoms with Gasteiger partial charge in [0.1, 0.15) is 5.75 Å². The van der Waals surface area contributed by atoms with Gasteiger partial charge >= 0.3 is 0 Å². The molecule has 1 atom stereocenters. The van der Waals surface area contributed by atoms with Crippen LogP contribution in [0.1, 0.15) is 43.0 Å². The van der Waals surface area contributed by atoms with Gasteiger partial charge < -0.3 is 9.84 Å². The smallest absolute Gasteiger partial charge is 0.119 e. The maximum Gasteiger partial charge on any atom is 0.119 e. The fourth-order valence-corrected chi connectivity index (χ4v) is 2.90. The van der Waals surface area contributed by atoms with Gasteiger partial charge in [-0.25, -0.2) is 0 Å². The predicted octanol–water partition coefficient (Wildman–Crippen LogP) is 3.12. The number of nitrogens with zero attached hydrogens (tertiary/aromatic N) is 2. The van der Waals surface area contributed by atoms with Crippen molar-refractivity contribution in [3.63, 3.8) is 0 Å². The van der Waals surface area contributed by atoms with Crippen LogP contribution in [0.2, 0.25) is 0 Å². The van der Waals surface area contributed by atoms with Crippen molar-refractivity contribution in [2.45, 2.75) is 38.7 Å². The molecule has 0 aliphatic carbocycles. The highest BCUT2D eigenvalue weighted by atomic mass is 32.1. The van der Waals surface area contributed by atoms with Crippen molar-refractivity contribution >= 4 is 11.5 Å². The topological polar surface area (TPSA) is 55.2 Å². The number of hydrogen-bond acceptors (Lipinski definition) is 5. The molecule has 0 amide bonds. The van der Waals surface area contributed by atoms with E-state index in [2.05, 4.69) is 30.4 Å². The maximum atomic E-state index is 10.5. The van der Waals surface area contributed by atoms with Crippen LogP contribution in [0, 0.1) is 0 Å². The Balaban J connectivity index is 2.20. The lowest BCUT2D eigenvalue weighted by molar-refractivity contribution is 0.179. The van der Waals surface area contributed by atoms with Crippen molar-refractivity contribution < 1.29 is 9.84 Å². The summed E-state index contributed by atoms with van der Waals surface area (Å²) in [7, 11) is 1.64. The lowest BCUT2D eigenvalue weighted by Gasteiger charge is -2.19. The lowest BCUT2D eigenvalue weighted by atomic mass is 9.89. The van der Waals surface area contributed by atoms with Crippen molar-refractivity contribution in [2.24, 2.45) is 0 Å². The summed E-state index contributed by atoms with van der Waals surface area (Å²) in [6.45, 7) is 6.22. The van der Waals surface area contributed by atoms with Crippen molar-refractivity contribution in [3.8, 4) is 5.75 Å². The minimum Gasteiger partial charge on any atom is -0.497 e. The van der Waals surface area contributed by atoms with Crippen LogP contribution in [0.3, 0.4) is 0 Å². The summed E-state index contributed by atoms with van der Waals surface area (Å²) in [4.78, 5) is 0.848. The molecule has 1 aromatic carbocycles. The molecule has 0 radical (unpaired) electrons. The van der Waals surface area contributed by atoms with E-state index >= 15 is 0 Å². The van der Waals surface area contributed by atoms with E-state index in [1.165, 1.54) is 11.5 Å². The first-order chi connectivity index (χ1) is 9.41. The minimum absolute atomic E-state index is 0.113. The van der Waals surface area contributed by atoms with Crippen LogP contribution in [0.4, 0.5) is 0 Å². The van der Waals surface area contributed by atoms with Gasteiger partial charge in [-0.1, -0.05) is 37.4 Å². The second-order valence-electron chi connectivity index (χ2n) is 5.81. The molecule has 0 spiro atoms. The zero-order valence-corrected chi connectivity index (χ0v) is 13.1. The standard InChI is InChI=1S/C15H20N2O2S/c1-15(2,3)14-13(20-17-16-14)12(18)9-10-6-5-7-11(8-10)19-4/h5-8,12,18H,9H2,1-4H3. The molecule has 1 aromatic heterocycles. The number of methoxy groups -OCH3 is 1. The lowest BCUT2D eigenvalue weighted by Crippen LogP contribution is -2.16. The average molecular weight is 292 g/mol. The van der Waals surface area contributed by atoms with E-state index in [1.807, 2.05) is 24.3 Å². The second kappa shape index (κ2) is 5.89. The van der Waals surface area contributed by atoms with Gasteiger partial charge in [0.15, 0.2) is 0 Å². The molecule has 0 aliphatic heterocycles. The molecule has 2 rings (SSSR count). The third kappa shape index (κ3) is 3.35. The van der Waals surface area contributed by atoms with Crippen LogP contribution in [-0.4, -0.2) is 21.8 Å². The third-order valence-corrected chi connectivity index (χ3v) is 3.92. The Morgan fingerprint density at radius 3 is 2.75 bits per heavy atom. The van der Waals surface area contributed by atoms with Crippen LogP contribution >= 0.6 is 11.5 Å². The summed E-state index contributed by atoms with van der Waals surface area (Å²) in [6.07, 6.45) is -0.0548. The zero-order chi connectivity index (χ0) is 14.8. The van der Waals surface area contributed by atoms with E-state index in [9.17, 15) is 5.11 Å². The number of benzene rings is 1. The molecule has 0 aliphatic rings. The van der Waals surface area contributed by atoms with Gasteiger partial charge in [-0.3, -0.25) is 0 Å². The molecule has 1 N–H and O–H groups in total. The third-order valence-electron chi connectivity index (χ3n) is 3.09. The van der Waals surface area contributed by atoms with E-state index in [0.29, 0.717) is 6.42 Å². The van der Waals surface area contributed by atoms with Gasteiger partial charge in [0.2, 0.25) is 0 Å². The average Bonchev–Trinajstić information content (AvgIpc) is 2.88. The fourth-order valence-electron chi connectivity index (χ4n) is 2.05. The van der Waals surface area contributed by atoms with Gasteiger partial charge in [-0.15, -0.1) is 5.10 Å². The van der Waals surface area contributed by atoms with Crippen LogP contribution < -0.4 is 4.74 Å². The van der Waals surface area contributed by atoms with Gasteiger partial charge in [-0.2, -0.15) is 0 Å². The number of aliphatic hydroxyl groups excluding tert-OH is 1. The van der Waals surface area contributed by atoms with Crippen LogP contribution in [0.5, 0.6) is 5.75 Å². The van der Waals surface area contributed by atoms with E-state index in [1.54, 1.807) is 7.11 Å². The van der Waals surface area contributed by atoms with E-state index in [-0.39, 0.29) is 5.41 Å². The Morgan fingerprint density at radius 2 is 2.10 bits per heavy atom. The molecule has 2 aromatic rings. The molecule has 4 nitrogen and oxygen atoms in total. The first-order valence-electron chi connectivity index (χ1n) is 6.55. The minimum atomic E-state index is -0.587. The molecule has 0 bridgehead atoms. The summed E-state index contributed by atoms with van der Waals surface area (Å²) in [5.41, 5.74) is 1.79. The van der Waals surface area contributed by atoms with Crippen molar-refractivity contribution in [1.29, 1.82) is 0 Å². The molecule has 0 saturated carbocycles. The number of ether oxygens (including phenoxy) is 1. The monoisotopic (exact) mass is 292 g/mol. The highest BCUT2D eigenvalue weighted by Crippen LogP contribution is 2.32. The normalized spacial score (nSPS) is 13.2. The number of aliphatic hydroxyl groups is 1. The van der Waals surface area contributed by atoms with Gasteiger partial charge in [-0.05, 0) is 29.2 Å².